The first kappa shape index (κ1) is 20.9. The molecule has 0 atom stereocenters. The summed E-state index contributed by atoms with van der Waals surface area (Å²) in [4.78, 5) is 14.5. The van der Waals surface area contributed by atoms with E-state index in [9.17, 15) is 13.2 Å². The molecule has 27 heavy (non-hydrogen) atoms. The SMILES string of the molecule is CCN(CC)S(=O)(=O)c1cccc(C(=O)N(C)Cc2cccc(OC)c2)c1. The maximum absolute atomic E-state index is 12.8. The van der Waals surface area contributed by atoms with Crippen molar-refractivity contribution in [2.75, 3.05) is 27.2 Å². The Morgan fingerprint density at radius 1 is 1.04 bits per heavy atom. The highest BCUT2D eigenvalue weighted by Gasteiger charge is 2.23. The highest BCUT2D eigenvalue weighted by atomic mass is 32.2. The van der Waals surface area contributed by atoms with Crippen molar-refractivity contribution in [2.24, 2.45) is 0 Å². The third-order valence-corrected chi connectivity index (χ3v) is 6.37. The summed E-state index contributed by atoms with van der Waals surface area (Å²) in [6.45, 7) is 4.73. The minimum atomic E-state index is -3.60. The predicted molar refractivity (Wildman–Crippen MR) is 105 cm³/mol. The average Bonchev–Trinajstić information content (AvgIpc) is 2.68. The molecule has 7 heteroatoms. The summed E-state index contributed by atoms with van der Waals surface area (Å²) in [6, 6.07) is 13.7. The number of hydrogen-bond donors (Lipinski definition) is 0. The molecule has 6 nitrogen and oxygen atoms in total. The van der Waals surface area contributed by atoms with Crippen LogP contribution in [0, 0.1) is 0 Å². The van der Waals surface area contributed by atoms with E-state index >= 15 is 0 Å². The summed E-state index contributed by atoms with van der Waals surface area (Å²) in [5.74, 6) is 0.482. The van der Waals surface area contributed by atoms with Gasteiger partial charge in [-0.2, -0.15) is 4.31 Å². The number of amides is 1. The molecule has 0 fully saturated rings. The van der Waals surface area contributed by atoms with E-state index in [1.54, 1.807) is 45.0 Å². The van der Waals surface area contributed by atoms with Crippen molar-refractivity contribution in [1.29, 1.82) is 0 Å². The van der Waals surface area contributed by atoms with Crippen LogP contribution in [-0.4, -0.2) is 50.8 Å². The predicted octanol–water partition coefficient (Wildman–Crippen LogP) is 3.00. The number of carbonyl (C=O) groups is 1. The molecule has 0 aliphatic heterocycles. The summed E-state index contributed by atoms with van der Waals surface area (Å²) in [5, 5.41) is 0. The Bertz CT molecular complexity index is 892. The molecule has 0 radical (unpaired) electrons. The van der Waals surface area contributed by atoms with Crippen LogP contribution in [0.15, 0.2) is 53.4 Å². The number of benzene rings is 2. The highest BCUT2D eigenvalue weighted by Crippen LogP contribution is 2.19. The lowest BCUT2D eigenvalue weighted by Gasteiger charge is -2.20. The van der Waals surface area contributed by atoms with Gasteiger partial charge in [-0.3, -0.25) is 4.79 Å². The number of carbonyl (C=O) groups excluding carboxylic acids is 1. The molecule has 0 aromatic heterocycles. The van der Waals surface area contributed by atoms with Crippen molar-refractivity contribution in [1.82, 2.24) is 9.21 Å². The van der Waals surface area contributed by atoms with Crippen LogP contribution in [0.2, 0.25) is 0 Å². The standard InChI is InChI=1S/C20H26N2O4S/c1-5-22(6-2)27(24,25)19-12-8-10-17(14-19)20(23)21(3)15-16-9-7-11-18(13-16)26-4/h7-14H,5-6,15H2,1-4H3. The Kier molecular flexibility index (Phi) is 6.98. The van der Waals surface area contributed by atoms with E-state index in [0.29, 0.717) is 25.2 Å². The first-order chi connectivity index (χ1) is 12.8. The minimum Gasteiger partial charge on any atom is -0.497 e. The maximum atomic E-state index is 12.8. The van der Waals surface area contributed by atoms with Gasteiger partial charge in [-0.15, -0.1) is 0 Å². The number of hydrogen-bond acceptors (Lipinski definition) is 4. The van der Waals surface area contributed by atoms with Crippen LogP contribution in [0.3, 0.4) is 0 Å². The van der Waals surface area contributed by atoms with E-state index in [1.807, 2.05) is 24.3 Å². The van der Waals surface area contributed by atoms with Gasteiger partial charge in [0, 0.05) is 32.2 Å². The van der Waals surface area contributed by atoms with E-state index in [-0.39, 0.29) is 10.8 Å². The molecule has 2 aromatic carbocycles. The smallest absolute Gasteiger partial charge is 0.253 e. The quantitative estimate of drug-likeness (QED) is 0.695. The third-order valence-electron chi connectivity index (χ3n) is 4.32. The first-order valence-electron chi connectivity index (χ1n) is 8.82. The molecular formula is C20H26N2O4S. The molecule has 2 aromatic rings. The molecule has 1 amide bonds. The van der Waals surface area contributed by atoms with Gasteiger partial charge < -0.3 is 9.64 Å². The van der Waals surface area contributed by atoms with Crippen LogP contribution in [0.25, 0.3) is 0 Å². The normalized spacial score (nSPS) is 11.4. The monoisotopic (exact) mass is 390 g/mol. The van der Waals surface area contributed by atoms with Crippen molar-refractivity contribution in [3.05, 3.63) is 59.7 Å². The molecule has 0 spiro atoms. The number of rotatable bonds is 8. The molecule has 0 aliphatic rings. The fourth-order valence-corrected chi connectivity index (χ4v) is 4.34. The molecule has 0 heterocycles. The molecule has 0 aliphatic carbocycles. The molecule has 2 rings (SSSR count). The zero-order valence-electron chi connectivity index (χ0n) is 16.2. The number of ether oxygens (including phenoxy) is 1. The Morgan fingerprint density at radius 2 is 1.70 bits per heavy atom. The van der Waals surface area contributed by atoms with Crippen LogP contribution in [0.4, 0.5) is 0 Å². The van der Waals surface area contributed by atoms with Gasteiger partial charge in [-0.1, -0.05) is 32.0 Å². The Hall–Kier alpha value is -2.38. The van der Waals surface area contributed by atoms with Gasteiger partial charge in [0.05, 0.1) is 12.0 Å². The van der Waals surface area contributed by atoms with Crippen molar-refractivity contribution in [3.63, 3.8) is 0 Å². The van der Waals surface area contributed by atoms with Crippen molar-refractivity contribution >= 4 is 15.9 Å². The van der Waals surface area contributed by atoms with E-state index < -0.39 is 10.0 Å². The molecule has 0 unspecified atom stereocenters. The second kappa shape index (κ2) is 9.01. The lowest BCUT2D eigenvalue weighted by Crippen LogP contribution is -2.31. The van der Waals surface area contributed by atoms with E-state index in [4.69, 9.17) is 4.74 Å². The second-order valence-corrected chi connectivity index (χ2v) is 8.07. The summed E-state index contributed by atoms with van der Waals surface area (Å²) in [7, 11) is -0.324. The Labute approximate surface area is 161 Å². The molecule has 146 valence electrons. The van der Waals surface area contributed by atoms with Gasteiger partial charge in [0.1, 0.15) is 5.75 Å². The fourth-order valence-electron chi connectivity index (χ4n) is 2.84. The van der Waals surface area contributed by atoms with E-state index in [0.717, 1.165) is 11.3 Å². The molecule has 0 saturated carbocycles. The number of methoxy groups -OCH3 is 1. The lowest BCUT2D eigenvalue weighted by molar-refractivity contribution is 0.0784. The van der Waals surface area contributed by atoms with Crippen molar-refractivity contribution in [2.45, 2.75) is 25.3 Å². The van der Waals surface area contributed by atoms with Crippen LogP contribution in [-0.2, 0) is 16.6 Å². The van der Waals surface area contributed by atoms with Gasteiger partial charge in [-0.25, -0.2) is 8.42 Å². The van der Waals surface area contributed by atoms with Crippen molar-refractivity contribution in [3.8, 4) is 5.75 Å². The Morgan fingerprint density at radius 3 is 2.33 bits per heavy atom. The topological polar surface area (TPSA) is 66.9 Å². The minimum absolute atomic E-state index is 0.131. The van der Waals surface area contributed by atoms with Crippen LogP contribution < -0.4 is 4.74 Å². The molecule has 0 saturated heterocycles. The maximum Gasteiger partial charge on any atom is 0.253 e. The second-order valence-electron chi connectivity index (χ2n) is 6.13. The van der Waals surface area contributed by atoms with E-state index in [2.05, 4.69) is 0 Å². The van der Waals surface area contributed by atoms with Gasteiger partial charge >= 0.3 is 0 Å². The summed E-state index contributed by atoms with van der Waals surface area (Å²) in [5.41, 5.74) is 1.27. The first-order valence-corrected chi connectivity index (χ1v) is 10.3. The fraction of sp³-hybridized carbons (Fsp3) is 0.350. The third kappa shape index (κ3) is 4.87. The van der Waals surface area contributed by atoms with Gasteiger partial charge in [0.2, 0.25) is 10.0 Å². The highest BCUT2D eigenvalue weighted by molar-refractivity contribution is 7.89. The average molecular weight is 391 g/mol. The largest absolute Gasteiger partial charge is 0.497 e. The molecule has 0 bridgehead atoms. The number of sulfonamides is 1. The van der Waals surface area contributed by atoms with Gasteiger partial charge in [-0.05, 0) is 35.9 Å². The van der Waals surface area contributed by atoms with Crippen molar-refractivity contribution < 1.29 is 17.9 Å². The Balaban J connectivity index is 2.23. The van der Waals surface area contributed by atoms with Gasteiger partial charge in [0.15, 0.2) is 0 Å². The summed E-state index contributed by atoms with van der Waals surface area (Å²) < 4.78 is 32.0. The lowest BCUT2D eigenvalue weighted by atomic mass is 10.1. The number of nitrogens with zero attached hydrogens (tertiary/aromatic N) is 2. The van der Waals surface area contributed by atoms with Crippen LogP contribution >= 0.6 is 0 Å². The molecule has 0 N–H and O–H groups in total. The summed E-state index contributed by atoms with van der Waals surface area (Å²) >= 11 is 0. The van der Waals surface area contributed by atoms with Gasteiger partial charge in [0.25, 0.3) is 5.91 Å². The summed E-state index contributed by atoms with van der Waals surface area (Å²) in [6.07, 6.45) is 0. The zero-order valence-corrected chi connectivity index (χ0v) is 17.0. The zero-order chi connectivity index (χ0) is 20.0. The van der Waals surface area contributed by atoms with Crippen LogP contribution in [0.5, 0.6) is 5.75 Å². The van der Waals surface area contributed by atoms with Crippen LogP contribution in [0.1, 0.15) is 29.8 Å². The van der Waals surface area contributed by atoms with E-state index in [1.165, 1.54) is 16.4 Å². The molecular weight excluding hydrogens is 364 g/mol.